The Labute approximate surface area is 157 Å². The Bertz CT molecular complexity index is 679. The number of alkyl halides is 14. The van der Waals surface area contributed by atoms with Crippen molar-refractivity contribution in [2.24, 2.45) is 0 Å². The van der Waals surface area contributed by atoms with Crippen LogP contribution in [0.2, 0.25) is 0 Å². The molecule has 1 atom stereocenters. The van der Waals surface area contributed by atoms with Crippen molar-refractivity contribution in [3.8, 4) is 0 Å². The van der Waals surface area contributed by atoms with Crippen molar-refractivity contribution in [3.05, 3.63) is 12.2 Å². The molecule has 0 aliphatic rings. The minimum atomic E-state index is -8.26. The van der Waals surface area contributed by atoms with Crippen LogP contribution in [0.4, 0.5) is 61.5 Å². The second-order valence-electron chi connectivity index (χ2n) is 5.92. The lowest BCUT2D eigenvalue weighted by Crippen LogP contribution is -2.74. The van der Waals surface area contributed by atoms with Crippen LogP contribution in [0.15, 0.2) is 12.2 Å². The molecule has 17 heteroatoms. The van der Waals surface area contributed by atoms with Crippen LogP contribution in [-0.2, 0) is 9.53 Å². The first-order chi connectivity index (χ1) is 12.7. The highest BCUT2D eigenvalue weighted by Crippen LogP contribution is 2.62. The summed E-state index contributed by atoms with van der Waals surface area (Å²) in [4.78, 5) is 10.9. The number of aliphatic hydroxyl groups is 1. The molecule has 0 amide bonds. The smallest absolute Gasteiger partial charge is 0.385 e. The largest absolute Gasteiger partial charge is 0.426 e. The van der Waals surface area contributed by atoms with E-state index < -0.39 is 66.2 Å². The third-order valence-electron chi connectivity index (χ3n) is 3.42. The minimum Gasteiger partial charge on any atom is -0.426 e. The Morgan fingerprint density at radius 2 is 1.03 bits per heavy atom. The van der Waals surface area contributed by atoms with Gasteiger partial charge in [-0.1, -0.05) is 6.58 Å². The van der Waals surface area contributed by atoms with Gasteiger partial charge in [0.05, 0.1) is 0 Å². The highest BCUT2D eigenvalue weighted by atomic mass is 19.4. The molecule has 1 unspecified atom stereocenters. The van der Waals surface area contributed by atoms with Gasteiger partial charge < -0.3 is 9.84 Å². The minimum absolute atomic E-state index is 0.641. The molecular formula is C13H10F14O3. The second kappa shape index (κ2) is 7.40. The van der Waals surface area contributed by atoms with E-state index in [0.717, 1.165) is 0 Å². The molecule has 0 aliphatic carbocycles. The predicted molar refractivity (Wildman–Crippen MR) is 67.2 cm³/mol. The summed E-state index contributed by atoms with van der Waals surface area (Å²) < 4.78 is 188. The predicted octanol–water partition coefficient (Wildman–Crippen LogP) is 4.89. The number of aliphatic hydroxyl groups excluding tert-OH is 1. The molecule has 0 radical (unpaired) electrons. The van der Waals surface area contributed by atoms with Crippen LogP contribution >= 0.6 is 0 Å². The first kappa shape index (κ1) is 28.2. The van der Waals surface area contributed by atoms with Crippen molar-refractivity contribution in [1.82, 2.24) is 0 Å². The molecule has 0 heterocycles. The van der Waals surface area contributed by atoms with Crippen LogP contribution in [0.1, 0.15) is 13.8 Å². The van der Waals surface area contributed by atoms with Crippen LogP contribution in [-0.4, -0.2) is 58.8 Å². The number of carbonyl (C=O) groups excluding carboxylic acids is 1. The monoisotopic (exact) mass is 480 g/mol. The topological polar surface area (TPSA) is 46.5 Å². The van der Waals surface area contributed by atoms with E-state index in [4.69, 9.17) is 5.11 Å². The average molecular weight is 480 g/mol. The lowest BCUT2D eigenvalue weighted by atomic mass is 9.89. The van der Waals surface area contributed by atoms with Crippen molar-refractivity contribution < 1.29 is 76.1 Å². The van der Waals surface area contributed by atoms with Gasteiger partial charge in [0.1, 0.15) is 0 Å². The van der Waals surface area contributed by atoms with Crippen LogP contribution in [0.3, 0.4) is 0 Å². The molecule has 178 valence electrons. The average Bonchev–Trinajstić information content (AvgIpc) is 2.52. The van der Waals surface area contributed by atoms with Crippen LogP contribution < -0.4 is 0 Å². The van der Waals surface area contributed by atoms with Gasteiger partial charge in [-0.2, -0.15) is 61.5 Å². The van der Waals surface area contributed by atoms with Gasteiger partial charge >= 0.3 is 47.4 Å². The van der Waals surface area contributed by atoms with Gasteiger partial charge in [0, 0.05) is 12.5 Å². The Morgan fingerprint density at radius 3 is 1.33 bits per heavy atom. The SMILES string of the molecule is C=C(C)C(=O)OC(O)C(F)(F)C(F)(F)C(F)(F)C(F)(F)C(F)(F)C(F)(F)C(C)(F)F. The standard InChI is InChI=1S/C13H10F14O3/c1-4(2)5(28)30-6(29)8(16,17)10(20,21)12(24,25)13(26,27)11(22,23)9(18,19)7(3,14)15/h6,29H,1H2,2-3H3. The quantitative estimate of drug-likeness (QED) is 0.221. The molecule has 0 saturated heterocycles. The molecule has 0 aliphatic heterocycles. The van der Waals surface area contributed by atoms with Crippen molar-refractivity contribution in [2.45, 2.75) is 61.6 Å². The van der Waals surface area contributed by atoms with Crippen LogP contribution in [0, 0.1) is 0 Å². The number of halogens is 14. The second-order valence-corrected chi connectivity index (χ2v) is 5.92. The first-order valence-electron chi connectivity index (χ1n) is 6.94. The molecule has 30 heavy (non-hydrogen) atoms. The molecule has 1 N–H and O–H groups in total. The highest BCUT2D eigenvalue weighted by Gasteiger charge is 2.93. The normalized spacial score (nSPS) is 16.3. The summed E-state index contributed by atoms with van der Waals surface area (Å²) in [6, 6.07) is 0. The van der Waals surface area contributed by atoms with Crippen LogP contribution in [0.5, 0.6) is 0 Å². The fraction of sp³-hybridized carbons (Fsp3) is 0.769. The Kier molecular flexibility index (Phi) is 6.96. The highest BCUT2D eigenvalue weighted by molar-refractivity contribution is 5.87. The van der Waals surface area contributed by atoms with E-state index >= 15 is 0 Å². The van der Waals surface area contributed by atoms with E-state index in [1.807, 2.05) is 0 Å². The van der Waals surface area contributed by atoms with Gasteiger partial charge in [-0.05, 0) is 6.92 Å². The van der Waals surface area contributed by atoms with Gasteiger partial charge in [-0.25, -0.2) is 4.79 Å². The summed E-state index contributed by atoms with van der Waals surface area (Å²) in [5.41, 5.74) is -0.929. The Balaban J connectivity index is 6.48. The molecule has 0 aromatic carbocycles. The molecule has 0 bridgehead atoms. The van der Waals surface area contributed by atoms with Gasteiger partial charge in [-0.3, -0.25) is 0 Å². The number of hydrogen-bond acceptors (Lipinski definition) is 3. The maximum absolute atomic E-state index is 13.5. The lowest BCUT2D eigenvalue weighted by molar-refractivity contribution is -0.450. The summed E-state index contributed by atoms with van der Waals surface area (Å²) >= 11 is 0. The molecule has 3 nitrogen and oxygen atoms in total. The number of hydrogen-bond donors (Lipinski definition) is 1. The van der Waals surface area contributed by atoms with Crippen molar-refractivity contribution in [1.29, 1.82) is 0 Å². The molecule has 0 saturated carbocycles. The van der Waals surface area contributed by atoms with Crippen molar-refractivity contribution >= 4 is 5.97 Å². The zero-order chi connectivity index (χ0) is 24.9. The summed E-state index contributed by atoms with van der Waals surface area (Å²) in [5, 5.41) is 8.70. The van der Waals surface area contributed by atoms with Gasteiger partial charge in [0.2, 0.25) is 0 Å². The van der Waals surface area contributed by atoms with Crippen LogP contribution in [0.25, 0.3) is 0 Å². The van der Waals surface area contributed by atoms with E-state index in [1.54, 1.807) is 0 Å². The first-order valence-corrected chi connectivity index (χ1v) is 6.94. The molecule has 0 aromatic rings. The summed E-state index contributed by atoms with van der Waals surface area (Å²) in [7, 11) is 0. The number of esters is 1. The summed E-state index contributed by atoms with van der Waals surface area (Å²) in [6.45, 7) is 2.16. The maximum atomic E-state index is 13.5. The number of ether oxygens (including phenoxy) is 1. The molecule has 0 spiro atoms. The Morgan fingerprint density at radius 1 is 0.733 bits per heavy atom. The Hall–Kier alpha value is -1.81. The van der Waals surface area contributed by atoms with E-state index in [2.05, 4.69) is 11.3 Å². The van der Waals surface area contributed by atoms with E-state index in [9.17, 15) is 66.3 Å². The van der Waals surface area contributed by atoms with Crippen molar-refractivity contribution in [2.75, 3.05) is 0 Å². The molecule has 0 rings (SSSR count). The van der Waals surface area contributed by atoms with E-state index in [0.29, 0.717) is 6.92 Å². The summed E-state index contributed by atoms with van der Waals surface area (Å²) in [5.74, 6) is -55.2. The van der Waals surface area contributed by atoms with E-state index in [-0.39, 0.29) is 0 Å². The third-order valence-corrected chi connectivity index (χ3v) is 3.42. The van der Waals surface area contributed by atoms with Crippen molar-refractivity contribution in [3.63, 3.8) is 0 Å². The van der Waals surface area contributed by atoms with Gasteiger partial charge in [0.25, 0.3) is 6.29 Å². The molecular weight excluding hydrogens is 470 g/mol. The number of rotatable bonds is 9. The third kappa shape index (κ3) is 3.79. The van der Waals surface area contributed by atoms with Gasteiger partial charge in [-0.15, -0.1) is 0 Å². The zero-order valence-corrected chi connectivity index (χ0v) is 14.3. The number of carbonyl (C=O) groups is 1. The maximum Gasteiger partial charge on any atom is 0.385 e. The summed E-state index contributed by atoms with van der Waals surface area (Å²) in [6.07, 6.45) is -4.71. The van der Waals surface area contributed by atoms with E-state index in [1.165, 1.54) is 0 Å². The fourth-order valence-electron chi connectivity index (χ4n) is 1.51. The fourth-order valence-corrected chi connectivity index (χ4v) is 1.51. The molecule has 0 aromatic heterocycles. The lowest BCUT2D eigenvalue weighted by Gasteiger charge is -2.42. The molecule has 0 fully saturated rings. The zero-order valence-electron chi connectivity index (χ0n) is 14.3. The van der Waals surface area contributed by atoms with Gasteiger partial charge in [0.15, 0.2) is 0 Å².